The van der Waals surface area contributed by atoms with E-state index in [-0.39, 0.29) is 0 Å². The van der Waals surface area contributed by atoms with Crippen molar-refractivity contribution >= 4 is 71.3 Å². The number of nitrogens with zero attached hydrogens (tertiary/aromatic N) is 2. The van der Waals surface area contributed by atoms with Gasteiger partial charge in [0, 0.05) is 39.5 Å². The molecule has 0 saturated heterocycles. The fourth-order valence-electron chi connectivity index (χ4n) is 8.23. The molecule has 57 heavy (non-hydrogen) atoms. The molecular formula is C53H34N2OS. The van der Waals surface area contributed by atoms with Crippen LogP contribution < -0.4 is 4.90 Å². The first-order chi connectivity index (χ1) is 28.2. The molecule has 0 atom stereocenters. The fourth-order valence-corrected chi connectivity index (χ4v) is 9.22. The number of anilines is 3. The van der Waals surface area contributed by atoms with Crippen LogP contribution >= 0.6 is 11.3 Å². The van der Waals surface area contributed by atoms with Gasteiger partial charge in [-0.15, -0.1) is 11.3 Å². The molecule has 0 N–H and O–H groups in total. The van der Waals surface area contributed by atoms with Gasteiger partial charge in [0.15, 0.2) is 0 Å². The van der Waals surface area contributed by atoms with Crippen molar-refractivity contribution in [1.82, 2.24) is 4.98 Å². The van der Waals surface area contributed by atoms with Crippen molar-refractivity contribution in [3.05, 3.63) is 206 Å². The van der Waals surface area contributed by atoms with Crippen LogP contribution in [0.25, 0.3) is 86.9 Å². The van der Waals surface area contributed by atoms with Crippen molar-refractivity contribution in [3.8, 4) is 44.0 Å². The first-order valence-corrected chi connectivity index (χ1v) is 20.0. The van der Waals surface area contributed by atoms with Crippen LogP contribution in [0, 0.1) is 0 Å². The summed E-state index contributed by atoms with van der Waals surface area (Å²) in [6.07, 6.45) is 0. The standard InChI is InChI=1S/C53H34N2OS/c1-4-14-36(15-5-1)46-32-41(55(39-20-8-3-9-21-39)40-28-26-37(27-29-40)43-23-12-19-35-16-10-11-22-42(35)43)30-31-44(46)45-24-13-25-49-52(45)47-33-51-48(34-50(47)56-49)54-53(57-51)38-17-6-2-7-18-38/h1-34H. The van der Waals surface area contributed by atoms with E-state index in [4.69, 9.17) is 9.40 Å². The molecular weight excluding hydrogens is 713 g/mol. The summed E-state index contributed by atoms with van der Waals surface area (Å²) in [5, 5.41) is 5.71. The molecule has 0 aliphatic heterocycles. The van der Waals surface area contributed by atoms with Gasteiger partial charge in [-0.1, -0.05) is 152 Å². The van der Waals surface area contributed by atoms with Gasteiger partial charge in [-0.25, -0.2) is 4.98 Å². The van der Waals surface area contributed by atoms with Crippen molar-refractivity contribution in [1.29, 1.82) is 0 Å². The van der Waals surface area contributed by atoms with E-state index in [1.54, 1.807) is 11.3 Å². The van der Waals surface area contributed by atoms with E-state index < -0.39 is 0 Å². The Morgan fingerprint density at radius 3 is 1.84 bits per heavy atom. The Morgan fingerprint density at radius 2 is 1.04 bits per heavy atom. The molecule has 11 rings (SSSR count). The molecule has 0 unspecified atom stereocenters. The number of aromatic nitrogens is 1. The highest BCUT2D eigenvalue weighted by Crippen LogP contribution is 2.45. The van der Waals surface area contributed by atoms with E-state index in [1.807, 2.05) is 6.07 Å². The maximum Gasteiger partial charge on any atom is 0.137 e. The lowest BCUT2D eigenvalue weighted by molar-refractivity contribution is 0.669. The van der Waals surface area contributed by atoms with Gasteiger partial charge < -0.3 is 9.32 Å². The lowest BCUT2D eigenvalue weighted by atomic mass is 9.91. The van der Waals surface area contributed by atoms with Gasteiger partial charge in [-0.2, -0.15) is 0 Å². The van der Waals surface area contributed by atoms with E-state index in [9.17, 15) is 0 Å². The number of para-hydroxylation sites is 1. The molecule has 0 fully saturated rings. The van der Waals surface area contributed by atoms with E-state index in [0.29, 0.717) is 0 Å². The quantitative estimate of drug-likeness (QED) is 0.163. The molecule has 2 aromatic heterocycles. The van der Waals surface area contributed by atoms with Crippen LogP contribution in [0.15, 0.2) is 211 Å². The predicted octanol–water partition coefficient (Wildman–Crippen LogP) is 15.5. The van der Waals surface area contributed by atoms with Gasteiger partial charge in [-0.05, 0) is 92.7 Å². The number of fused-ring (bicyclic) bond motifs is 5. The SMILES string of the molecule is c1ccc(-c2nc3cc4oc5cccc(-c6ccc(N(c7ccccc7)c7ccc(-c8cccc9ccccc89)cc7)cc6-c6ccccc6)c5c4cc3s2)cc1. The van der Waals surface area contributed by atoms with Crippen molar-refractivity contribution in [2.24, 2.45) is 0 Å². The average molecular weight is 747 g/mol. The van der Waals surface area contributed by atoms with Crippen molar-refractivity contribution in [2.45, 2.75) is 0 Å². The van der Waals surface area contributed by atoms with Gasteiger partial charge in [-0.3, -0.25) is 0 Å². The molecule has 11 aromatic rings. The summed E-state index contributed by atoms with van der Waals surface area (Å²) in [6.45, 7) is 0. The van der Waals surface area contributed by atoms with Crippen LogP contribution in [-0.4, -0.2) is 4.98 Å². The molecule has 0 bridgehead atoms. The summed E-state index contributed by atoms with van der Waals surface area (Å²) < 4.78 is 7.72. The van der Waals surface area contributed by atoms with E-state index in [0.717, 1.165) is 82.0 Å². The minimum absolute atomic E-state index is 0.843. The summed E-state index contributed by atoms with van der Waals surface area (Å²) >= 11 is 1.72. The lowest BCUT2D eigenvalue weighted by Crippen LogP contribution is -2.10. The Hall–Kier alpha value is -7.27. The zero-order valence-corrected chi connectivity index (χ0v) is 31.7. The Labute approximate surface area is 334 Å². The molecule has 0 spiro atoms. The summed E-state index contributed by atoms with van der Waals surface area (Å²) in [7, 11) is 0. The van der Waals surface area contributed by atoms with Crippen LogP contribution in [-0.2, 0) is 0 Å². The maximum atomic E-state index is 6.58. The molecule has 0 radical (unpaired) electrons. The van der Waals surface area contributed by atoms with Gasteiger partial charge >= 0.3 is 0 Å². The normalized spacial score (nSPS) is 11.5. The number of rotatable bonds is 7. The van der Waals surface area contributed by atoms with Crippen molar-refractivity contribution in [3.63, 3.8) is 0 Å². The molecule has 4 heteroatoms. The second-order valence-corrected chi connectivity index (χ2v) is 15.4. The summed E-state index contributed by atoms with van der Waals surface area (Å²) in [5.74, 6) is 0. The summed E-state index contributed by atoms with van der Waals surface area (Å²) in [5.41, 5.74) is 14.0. The number of hydrogen-bond donors (Lipinski definition) is 0. The highest BCUT2D eigenvalue weighted by molar-refractivity contribution is 7.21. The largest absolute Gasteiger partial charge is 0.456 e. The molecule has 268 valence electrons. The molecule has 0 amide bonds. The Kier molecular flexibility index (Phi) is 8.01. The smallest absolute Gasteiger partial charge is 0.137 e. The number of furan rings is 1. The number of hydrogen-bond acceptors (Lipinski definition) is 4. The molecule has 2 heterocycles. The van der Waals surface area contributed by atoms with Crippen LogP contribution in [0.5, 0.6) is 0 Å². The summed E-state index contributed by atoms with van der Waals surface area (Å²) in [6, 6.07) is 73.5. The average Bonchev–Trinajstić information content (AvgIpc) is 3.87. The van der Waals surface area contributed by atoms with Gasteiger partial charge in [0.25, 0.3) is 0 Å². The van der Waals surface area contributed by atoms with Gasteiger partial charge in [0.1, 0.15) is 16.2 Å². The van der Waals surface area contributed by atoms with Crippen molar-refractivity contribution < 1.29 is 4.42 Å². The van der Waals surface area contributed by atoms with Gasteiger partial charge in [0.2, 0.25) is 0 Å². The third kappa shape index (κ3) is 5.86. The van der Waals surface area contributed by atoms with E-state index in [2.05, 4.69) is 205 Å². The number of thiazole rings is 1. The van der Waals surface area contributed by atoms with Crippen LogP contribution in [0.4, 0.5) is 17.1 Å². The molecule has 0 aliphatic carbocycles. The Bertz CT molecular complexity index is 3220. The molecule has 9 aromatic carbocycles. The minimum Gasteiger partial charge on any atom is -0.456 e. The highest BCUT2D eigenvalue weighted by Gasteiger charge is 2.20. The lowest BCUT2D eigenvalue weighted by Gasteiger charge is -2.27. The molecule has 0 aliphatic rings. The molecule has 3 nitrogen and oxygen atoms in total. The van der Waals surface area contributed by atoms with Crippen LogP contribution in [0.3, 0.4) is 0 Å². The second-order valence-electron chi connectivity index (χ2n) is 14.3. The third-order valence-electron chi connectivity index (χ3n) is 10.9. The number of benzene rings is 9. The zero-order chi connectivity index (χ0) is 37.7. The molecule has 0 saturated carbocycles. The third-order valence-corrected chi connectivity index (χ3v) is 12.0. The first-order valence-electron chi connectivity index (χ1n) is 19.2. The zero-order valence-electron chi connectivity index (χ0n) is 30.8. The summed E-state index contributed by atoms with van der Waals surface area (Å²) in [4.78, 5) is 7.35. The predicted molar refractivity (Wildman–Crippen MR) is 241 cm³/mol. The Balaban J connectivity index is 1.07. The topological polar surface area (TPSA) is 29.3 Å². The van der Waals surface area contributed by atoms with Crippen LogP contribution in [0.2, 0.25) is 0 Å². The van der Waals surface area contributed by atoms with Crippen molar-refractivity contribution in [2.75, 3.05) is 4.90 Å². The maximum absolute atomic E-state index is 6.58. The fraction of sp³-hybridized carbons (Fsp3) is 0. The monoisotopic (exact) mass is 746 g/mol. The van der Waals surface area contributed by atoms with Gasteiger partial charge in [0.05, 0.1) is 10.2 Å². The van der Waals surface area contributed by atoms with E-state index >= 15 is 0 Å². The minimum atomic E-state index is 0.843. The van der Waals surface area contributed by atoms with Crippen LogP contribution in [0.1, 0.15) is 0 Å². The second kappa shape index (κ2) is 13.8. The first kappa shape index (κ1) is 33.1. The van der Waals surface area contributed by atoms with E-state index in [1.165, 1.54) is 21.9 Å². The Morgan fingerprint density at radius 1 is 0.404 bits per heavy atom. The highest BCUT2D eigenvalue weighted by atomic mass is 32.1.